The van der Waals surface area contributed by atoms with E-state index in [2.05, 4.69) is 9.89 Å². The molecule has 0 aromatic rings. The van der Waals surface area contributed by atoms with Gasteiger partial charge in [0.05, 0.1) is 25.3 Å². The van der Waals surface area contributed by atoms with E-state index in [1.807, 2.05) is 0 Å². The Kier molecular flexibility index (Phi) is 3.35. The highest BCUT2D eigenvalue weighted by atomic mass is 16.5. The molecule has 0 spiro atoms. The lowest BCUT2D eigenvalue weighted by Gasteiger charge is -2.39. The normalized spacial score (nSPS) is 29.6. The fourth-order valence-corrected chi connectivity index (χ4v) is 2.60. The van der Waals surface area contributed by atoms with Gasteiger partial charge in [-0.1, -0.05) is 0 Å². The lowest BCUT2D eigenvalue weighted by Crippen LogP contribution is -2.57. The van der Waals surface area contributed by atoms with Gasteiger partial charge in [0.1, 0.15) is 0 Å². The number of guanidine groups is 1. The molecule has 1 saturated carbocycles. The van der Waals surface area contributed by atoms with E-state index in [4.69, 9.17) is 15.2 Å². The van der Waals surface area contributed by atoms with Gasteiger partial charge in [-0.15, -0.1) is 0 Å². The molecule has 2 N–H and O–H groups in total. The van der Waals surface area contributed by atoms with Crippen LogP contribution in [0, 0.1) is 5.92 Å². The summed E-state index contributed by atoms with van der Waals surface area (Å²) in [6, 6.07) is 0. The summed E-state index contributed by atoms with van der Waals surface area (Å²) in [5, 5.41) is 0. The van der Waals surface area contributed by atoms with Crippen LogP contribution in [0.3, 0.4) is 0 Å². The molecule has 1 fully saturated rings. The van der Waals surface area contributed by atoms with E-state index in [9.17, 15) is 0 Å². The molecule has 1 unspecified atom stereocenters. The van der Waals surface area contributed by atoms with Gasteiger partial charge in [0.2, 0.25) is 0 Å². The zero-order valence-electron chi connectivity index (χ0n) is 10.1. The van der Waals surface area contributed by atoms with Gasteiger partial charge in [0.15, 0.2) is 5.96 Å². The molecule has 0 aromatic carbocycles. The molecule has 5 heteroatoms. The van der Waals surface area contributed by atoms with Crippen molar-refractivity contribution in [3.63, 3.8) is 0 Å². The third-order valence-corrected chi connectivity index (χ3v) is 3.58. The second-order valence-corrected chi connectivity index (χ2v) is 4.63. The number of aliphatic imine (C=N–C) groups is 1. The average molecular weight is 227 g/mol. The second-order valence-electron chi connectivity index (χ2n) is 4.63. The molecular weight excluding hydrogens is 206 g/mol. The van der Waals surface area contributed by atoms with Crippen molar-refractivity contribution in [2.45, 2.75) is 18.4 Å². The molecule has 1 aliphatic carbocycles. The van der Waals surface area contributed by atoms with Crippen molar-refractivity contribution < 1.29 is 9.47 Å². The summed E-state index contributed by atoms with van der Waals surface area (Å²) in [6.07, 6.45) is 2.52. The van der Waals surface area contributed by atoms with E-state index < -0.39 is 0 Å². The number of nitrogens with two attached hydrogens (primary N) is 1. The minimum Gasteiger partial charge on any atom is -0.383 e. The van der Waals surface area contributed by atoms with Gasteiger partial charge < -0.3 is 20.1 Å². The van der Waals surface area contributed by atoms with Crippen molar-refractivity contribution in [3.8, 4) is 0 Å². The van der Waals surface area contributed by atoms with Gasteiger partial charge in [-0.25, -0.2) is 0 Å². The van der Waals surface area contributed by atoms with Gasteiger partial charge in [0, 0.05) is 20.8 Å². The maximum absolute atomic E-state index is 5.96. The number of ether oxygens (including phenoxy) is 2. The third kappa shape index (κ3) is 1.89. The molecular formula is C11H21N3O2. The largest absolute Gasteiger partial charge is 0.383 e. The minimum absolute atomic E-state index is 0.00262. The van der Waals surface area contributed by atoms with Crippen LogP contribution in [0.5, 0.6) is 0 Å². The predicted molar refractivity (Wildman–Crippen MR) is 62.4 cm³/mol. The minimum atomic E-state index is -0.00262. The van der Waals surface area contributed by atoms with Crippen LogP contribution in [-0.4, -0.2) is 56.9 Å². The molecule has 92 valence electrons. The molecule has 2 rings (SSSR count). The van der Waals surface area contributed by atoms with Gasteiger partial charge in [-0.05, 0) is 18.8 Å². The Morgan fingerprint density at radius 3 is 2.75 bits per heavy atom. The second kappa shape index (κ2) is 4.59. The smallest absolute Gasteiger partial charge is 0.192 e. The van der Waals surface area contributed by atoms with Crippen LogP contribution in [0.4, 0.5) is 0 Å². The number of rotatable bonds is 6. The summed E-state index contributed by atoms with van der Waals surface area (Å²) >= 11 is 0. The maximum atomic E-state index is 5.96. The molecule has 1 atom stereocenters. The molecule has 1 aliphatic heterocycles. The lowest BCUT2D eigenvalue weighted by atomic mass is 9.93. The molecule has 5 nitrogen and oxygen atoms in total. The van der Waals surface area contributed by atoms with Crippen molar-refractivity contribution in [2.24, 2.45) is 16.6 Å². The first kappa shape index (κ1) is 11.7. The zero-order chi connectivity index (χ0) is 11.6. The van der Waals surface area contributed by atoms with Gasteiger partial charge in [0.25, 0.3) is 0 Å². The van der Waals surface area contributed by atoms with Crippen LogP contribution in [0.25, 0.3) is 0 Å². The van der Waals surface area contributed by atoms with Crippen molar-refractivity contribution in [1.29, 1.82) is 0 Å². The third-order valence-electron chi connectivity index (χ3n) is 3.58. The first-order chi connectivity index (χ1) is 7.74. The first-order valence-corrected chi connectivity index (χ1v) is 5.80. The van der Waals surface area contributed by atoms with E-state index in [1.165, 1.54) is 12.8 Å². The molecule has 2 aliphatic rings. The molecule has 0 radical (unpaired) electrons. The molecule has 0 bridgehead atoms. The Morgan fingerprint density at radius 1 is 1.44 bits per heavy atom. The lowest BCUT2D eigenvalue weighted by molar-refractivity contribution is 0.0384. The van der Waals surface area contributed by atoms with E-state index in [0.717, 1.165) is 13.1 Å². The zero-order valence-corrected chi connectivity index (χ0v) is 10.1. The fourth-order valence-electron chi connectivity index (χ4n) is 2.60. The van der Waals surface area contributed by atoms with E-state index in [0.29, 0.717) is 25.1 Å². The Hall–Kier alpha value is -0.810. The predicted octanol–water partition coefficient (Wildman–Crippen LogP) is 0.0583. The monoisotopic (exact) mass is 227 g/mol. The maximum Gasteiger partial charge on any atom is 0.192 e. The first-order valence-electron chi connectivity index (χ1n) is 5.80. The SMILES string of the molecule is COCCN1C(N)=NCC1(COC)C1CC1. The van der Waals surface area contributed by atoms with Gasteiger partial charge >= 0.3 is 0 Å². The van der Waals surface area contributed by atoms with Crippen molar-refractivity contribution in [3.05, 3.63) is 0 Å². The summed E-state index contributed by atoms with van der Waals surface area (Å²) in [4.78, 5) is 6.57. The van der Waals surface area contributed by atoms with Crippen LogP contribution in [0.1, 0.15) is 12.8 Å². The Labute approximate surface area is 96.6 Å². The average Bonchev–Trinajstić information content (AvgIpc) is 3.06. The Bertz CT molecular complexity index is 278. The summed E-state index contributed by atoms with van der Waals surface area (Å²) in [7, 11) is 3.45. The number of hydrogen-bond acceptors (Lipinski definition) is 5. The van der Waals surface area contributed by atoms with Crippen molar-refractivity contribution in [2.75, 3.05) is 40.5 Å². The van der Waals surface area contributed by atoms with Gasteiger partial charge in [-0.2, -0.15) is 0 Å². The molecule has 0 aromatic heterocycles. The number of methoxy groups -OCH3 is 2. The topological polar surface area (TPSA) is 60.1 Å². The quantitative estimate of drug-likeness (QED) is 0.697. The summed E-state index contributed by atoms with van der Waals surface area (Å²) in [5.74, 6) is 1.31. The summed E-state index contributed by atoms with van der Waals surface area (Å²) < 4.78 is 10.5. The standard InChI is InChI=1S/C11H21N3O2/c1-15-6-5-14-10(12)13-7-11(14,8-16-2)9-3-4-9/h9H,3-8H2,1-2H3,(H2,12,13). The Balaban J connectivity index is 2.10. The molecule has 1 heterocycles. The molecule has 0 amide bonds. The van der Waals surface area contributed by atoms with Crippen molar-refractivity contribution >= 4 is 5.96 Å². The summed E-state index contributed by atoms with van der Waals surface area (Å²) in [6.45, 7) is 2.94. The van der Waals surface area contributed by atoms with Crippen LogP contribution in [0.2, 0.25) is 0 Å². The fraction of sp³-hybridized carbons (Fsp3) is 0.909. The molecule has 16 heavy (non-hydrogen) atoms. The highest BCUT2D eigenvalue weighted by molar-refractivity contribution is 5.81. The highest BCUT2D eigenvalue weighted by Gasteiger charge is 2.52. The van der Waals surface area contributed by atoms with Crippen LogP contribution in [-0.2, 0) is 9.47 Å². The van der Waals surface area contributed by atoms with Crippen LogP contribution >= 0.6 is 0 Å². The summed E-state index contributed by atoms with van der Waals surface area (Å²) in [5.41, 5.74) is 5.95. The van der Waals surface area contributed by atoms with Crippen LogP contribution < -0.4 is 5.73 Å². The van der Waals surface area contributed by atoms with Gasteiger partial charge in [-0.3, -0.25) is 4.99 Å². The van der Waals surface area contributed by atoms with Crippen LogP contribution in [0.15, 0.2) is 4.99 Å². The van der Waals surface area contributed by atoms with E-state index in [-0.39, 0.29) is 5.54 Å². The number of nitrogens with zero attached hydrogens (tertiary/aromatic N) is 2. The highest BCUT2D eigenvalue weighted by Crippen LogP contribution is 2.45. The van der Waals surface area contributed by atoms with E-state index in [1.54, 1.807) is 14.2 Å². The molecule has 0 saturated heterocycles. The van der Waals surface area contributed by atoms with Crippen molar-refractivity contribution in [1.82, 2.24) is 4.90 Å². The Morgan fingerprint density at radius 2 is 2.19 bits per heavy atom. The van der Waals surface area contributed by atoms with E-state index >= 15 is 0 Å². The number of hydrogen-bond donors (Lipinski definition) is 1.